The lowest BCUT2D eigenvalue weighted by atomic mass is 10.2. The van der Waals surface area contributed by atoms with Crippen LogP contribution in [0.4, 0.5) is 0 Å². The van der Waals surface area contributed by atoms with E-state index in [0.29, 0.717) is 6.42 Å². The Morgan fingerprint density at radius 2 is 2.14 bits per heavy atom. The lowest BCUT2D eigenvalue weighted by molar-refractivity contribution is -0.126. The topological polar surface area (TPSA) is 77.8 Å². The van der Waals surface area contributed by atoms with Crippen LogP contribution in [0.3, 0.4) is 0 Å². The minimum Gasteiger partial charge on any atom is -0.339 e. The first-order valence-electron chi connectivity index (χ1n) is 4.25. The predicted molar refractivity (Wildman–Crippen MR) is 54.0 cm³/mol. The molecule has 82 valence electrons. The van der Waals surface area contributed by atoms with Gasteiger partial charge in [0.05, 0.1) is 6.16 Å². The van der Waals surface area contributed by atoms with Crippen LogP contribution in [0.5, 0.6) is 0 Å². The molecule has 0 aliphatic heterocycles. The second-order valence-electron chi connectivity index (χ2n) is 3.06. The van der Waals surface area contributed by atoms with Gasteiger partial charge in [-0.2, -0.15) is 0 Å². The lowest BCUT2D eigenvalue weighted by Gasteiger charge is -2.26. The van der Waals surface area contributed by atoms with Crippen molar-refractivity contribution in [3.63, 3.8) is 0 Å². The molecule has 0 heterocycles. The molecule has 0 radical (unpaired) electrons. The fourth-order valence-corrected chi connectivity index (χ4v) is 2.18. The van der Waals surface area contributed by atoms with Crippen molar-refractivity contribution >= 4 is 13.5 Å². The van der Waals surface area contributed by atoms with Gasteiger partial charge < -0.3 is 14.7 Å². The molecule has 1 atom stereocenters. The van der Waals surface area contributed by atoms with Crippen LogP contribution in [-0.4, -0.2) is 39.8 Å². The van der Waals surface area contributed by atoms with Crippen molar-refractivity contribution < 1.29 is 19.1 Å². The minimum atomic E-state index is -4.07. The second-order valence-corrected chi connectivity index (χ2v) is 4.76. The normalized spacial score (nSPS) is 13.4. The summed E-state index contributed by atoms with van der Waals surface area (Å²) in [5.74, 6) is -0.328. The standard InChI is InChI=1S/C8H16NO4P/c1-4-7(6-14(11,12)13)9(3)8(10)5-2/h5,7H,2,4,6H2,1,3H3,(H2,11,12,13). The number of hydrogen-bond acceptors (Lipinski definition) is 2. The van der Waals surface area contributed by atoms with Crippen LogP contribution in [0.25, 0.3) is 0 Å². The summed E-state index contributed by atoms with van der Waals surface area (Å²) in [6.45, 7) is 5.08. The third kappa shape index (κ3) is 4.56. The van der Waals surface area contributed by atoms with Gasteiger partial charge in [-0.15, -0.1) is 0 Å². The third-order valence-corrected chi connectivity index (χ3v) is 2.89. The molecule has 0 aliphatic carbocycles. The van der Waals surface area contributed by atoms with Crippen molar-refractivity contribution in [2.75, 3.05) is 13.2 Å². The molecule has 0 saturated heterocycles. The number of likely N-dealkylation sites (N-methyl/N-ethyl adjacent to an activating group) is 1. The van der Waals surface area contributed by atoms with Crippen molar-refractivity contribution in [1.29, 1.82) is 0 Å². The number of rotatable bonds is 5. The highest BCUT2D eigenvalue weighted by Crippen LogP contribution is 2.36. The second kappa shape index (κ2) is 5.29. The molecular formula is C8H16NO4P. The number of amides is 1. The minimum absolute atomic E-state index is 0.306. The predicted octanol–water partition coefficient (Wildman–Crippen LogP) is 0.587. The largest absolute Gasteiger partial charge is 0.339 e. The summed E-state index contributed by atoms with van der Waals surface area (Å²) in [5.41, 5.74) is 0. The Labute approximate surface area is 83.6 Å². The first kappa shape index (κ1) is 13.4. The summed E-state index contributed by atoms with van der Waals surface area (Å²) in [6, 6.07) is -0.443. The summed E-state index contributed by atoms with van der Waals surface area (Å²) < 4.78 is 10.7. The van der Waals surface area contributed by atoms with Crippen LogP contribution < -0.4 is 0 Å². The highest BCUT2D eigenvalue weighted by atomic mass is 31.2. The molecule has 0 bridgehead atoms. The highest BCUT2D eigenvalue weighted by molar-refractivity contribution is 7.51. The van der Waals surface area contributed by atoms with Crippen LogP contribution >= 0.6 is 7.60 Å². The van der Waals surface area contributed by atoms with Gasteiger partial charge in [0.2, 0.25) is 5.91 Å². The summed E-state index contributed by atoms with van der Waals surface area (Å²) in [6.07, 6.45) is 1.32. The summed E-state index contributed by atoms with van der Waals surface area (Å²) >= 11 is 0. The smallest absolute Gasteiger partial charge is 0.327 e. The zero-order valence-corrected chi connectivity index (χ0v) is 9.28. The van der Waals surface area contributed by atoms with Gasteiger partial charge in [0.25, 0.3) is 0 Å². The molecule has 0 aromatic heterocycles. The molecule has 14 heavy (non-hydrogen) atoms. The van der Waals surface area contributed by atoms with Crippen molar-refractivity contribution in [2.24, 2.45) is 0 Å². The quantitative estimate of drug-likeness (QED) is 0.526. The number of nitrogens with zero attached hydrogens (tertiary/aromatic N) is 1. The third-order valence-electron chi connectivity index (χ3n) is 1.99. The monoisotopic (exact) mass is 221 g/mol. The van der Waals surface area contributed by atoms with E-state index in [9.17, 15) is 9.36 Å². The Balaban J connectivity index is 4.49. The Morgan fingerprint density at radius 1 is 1.64 bits per heavy atom. The van der Waals surface area contributed by atoms with Crippen LogP contribution in [0.15, 0.2) is 12.7 Å². The molecular weight excluding hydrogens is 205 g/mol. The Bertz CT molecular complexity index is 260. The van der Waals surface area contributed by atoms with E-state index in [4.69, 9.17) is 9.79 Å². The molecule has 5 nitrogen and oxygen atoms in total. The number of hydrogen-bond donors (Lipinski definition) is 2. The summed E-state index contributed by atoms with van der Waals surface area (Å²) in [4.78, 5) is 30.0. The maximum absolute atomic E-state index is 11.2. The average molecular weight is 221 g/mol. The first-order chi connectivity index (χ1) is 6.31. The number of carbonyl (C=O) groups is 1. The Morgan fingerprint density at radius 3 is 2.43 bits per heavy atom. The lowest BCUT2D eigenvalue weighted by Crippen LogP contribution is -2.37. The van der Waals surface area contributed by atoms with Crippen LogP contribution in [0.1, 0.15) is 13.3 Å². The van der Waals surface area contributed by atoms with Gasteiger partial charge in [-0.25, -0.2) is 0 Å². The number of carbonyl (C=O) groups excluding carboxylic acids is 1. The zero-order valence-electron chi connectivity index (χ0n) is 8.38. The fraction of sp³-hybridized carbons (Fsp3) is 0.625. The molecule has 1 amide bonds. The maximum Gasteiger partial charge on any atom is 0.327 e. The molecule has 2 N–H and O–H groups in total. The first-order valence-corrected chi connectivity index (χ1v) is 6.05. The van der Waals surface area contributed by atoms with Crippen LogP contribution in [0.2, 0.25) is 0 Å². The van der Waals surface area contributed by atoms with E-state index < -0.39 is 13.6 Å². The van der Waals surface area contributed by atoms with Crippen LogP contribution in [-0.2, 0) is 9.36 Å². The Kier molecular flexibility index (Phi) is 5.05. The molecule has 0 rings (SSSR count). The van der Waals surface area contributed by atoms with Gasteiger partial charge in [0.15, 0.2) is 0 Å². The van der Waals surface area contributed by atoms with Crippen molar-refractivity contribution in [2.45, 2.75) is 19.4 Å². The molecule has 0 aromatic carbocycles. The van der Waals surface area contributed by atoms with E-state index in [1.165, 1.54) is 11.9 Å². The van der Waals surface area contributed by atoms with Gasteiger partial charge in [-0.3, -0.25) is 9.36 Å². The zero-order chi connectivity index (χ0) is 11.4. The summed E-state index contributed by atoms with van der Waals surface area (Å²) in [5, 5.41) is 0. The highest BCUT2D eigenvalue weighted by Gasteiger charge is 2.25. The van der Waals surface area contributed by atoms with E-state index in [0.717, 1.165) is 6.08 Å². The maximum atomic E-state index is 11.2. The molecule has 0 spiro atoms. The van der Waals surface area contributed by atoms with Crippen LogP contribution in [0, 0.1) is 0 Å². The van der Waals surface area contributed by atoms with Gasteiger partial charge in [0.1, 0.15) is 0 Å². The van der Waals surface area contributed by atoms with E-state index in [1.807, 2.05) is 0 Å². The molecule has 0 aromatic rings. The van der Waals surface area contributed by atoms with Crippen molar-refractivity contribution in [3.8, 4) is 0 Å². The fourth-order valence-electron chi connectivity index (χ4n) is 1.12. The van der Waals surface area contributed by atoms with Gasteiger partial charge >= 0.3 is 7.60 Å². The van der Waals surface area contributed by atoms with Crippen molar-refractivity contribution in [3.05, 3.63) is 12.7 Å². The van der Waals surface area contributed by atoms with E-state index in [2.05, 4.69) is 6.58 Å². The Hall–Kier alpha value is -0.640. The SMILES string of the molecule is C=CC(=O)N(C)C(CC)CP(=O)(O)O. The van der Waals surface area contributed by atoms with Crippen molar-refractivity contribution in [1.82, 2.24) is 4.90 Å². The van der Waals surface area contributed by atoms with Gasteiger partial charge in [-0.1, -0.05) is 13.5 Å². The molecule has 0 aliphatic rings. The molecule has 1 unspecified atom stereocenters. The summed E-state index contributed by atoms with van der Waals surface area (Å²) in [7, 11) is -2.56. The van der Waals surface area contributed by atoms with E-state index in [1.54, 1.807) is 6.92 Å². The molecule has 0 saturated carbocycles. The van der Waals surface area contributed by atoms with Gasteiger partial charge in [-0.05, 0) is 12.5 Å². The van der Waals surface area contributed by atoms with E-state index in [-0.39, 0.29) is 12.1 Å². The average Bonchev–Trinajstić information content (AvgIpc) is 2.10. The molecule has 0 fully saturated rings. The van der Waals surface area contributed by atoms with Gasteiger partial charge in [0, 0.05) is 13.1 Å². The molecule has 6 heteroatoms. The van der Waals surface area contributed by atoms with E-state index >= 15 is 0 Å².